The van der Waals surface area contributed by atoms with Crippen molar-refractivity contribution in [3.05, 3.63) is 22.2 Å². The predicted octanol–water partition coefficient (Wildman–Crippen LogP) is 1.60. The smallest absolute Gasteiger partial charge is 0.175 e. The van der Waals surface area contributed by atoms with Gasteiger partial charge >= 0.3 is 0 Å². The minimum atomic E-state index is -0.688. The summed E-state index contributed by atoms with van der Waals surface area (Å²) >= 11 is 3.42. The average molecular weight is 288 g/mol. The summed E-state index contributed by atoms with van der Waals surface area (Å²) in [4.78, 5) is 0. The normalized spacial score (nSPS) is 16.7. The lowest BCUT2D eigenvalue weighted by Crippen LogP contribution is -2.12. The summed E-state index contributed by atoms with van der Waals surface area (Å²) in [5, 5.41) is 9.73. The van der Waals surface area contributed by atoms with Crippen LogP contribution in [0.5, 0.6) is 11.5 Å². The van der Waals surface area contributed by atoms with E-state index in [1.807, 2.05) is 0 Å². The lowest BCUT2D eigenvalue weighted by atomic mass is 10.1. The number of aliphatic hydroxyl groups excluding tert-OH is 1. The molecule has 1 aliphatic rings. The van der Waals surface area contributed by atoms with Crippen LogP contribution >= 0.6 is 15.9 Å². The summed E-state index contributed by atoms with van der Waals surface area (Å²) in [5.74, 6) is 1.36. The Bertz CT molecular complexity index is 384. The van der Waals surface area contributed by atoms with E-state index in [2.05, 4.69) is 15.9 Å². The topological polar surface area (TPSA) is 64.7 Å². The van der Waals surface area contributed by atoms with E-state index < -0.39 is 6.10 Å². The summed E-state index contributed by atoms with van der Waals surface area (Å²) in [6, 6.07) is 3.61. The Morgan fingerprint density at radius 1 is 1.38 bits per heavy atom. The second kappa shape index (κ2) is 5.03. The highest BCUT2D eigenvalue weighted by Crippen LogP contribution is 2.41. The molecule has 1 heterocycles. The van der Waals surface area contributed by atoms with Crippen LogP contribution in [-0.4, -0.2) is 24.9 Å². The van der Waals surface area contributed by atoms with Gasteiger partial charge in [-0.2, -0.15) is 0 Å². The van der Waals surface area contributed by atoms with E-state index >= 15 is 0 Å². The first-order valence-corrected chi connectivity index (χ1v) is 5.99. The van der Waals surface area contributed by atoms with Gasteiger partial charge in [0.05, 0.1) is 23.8 Å². The third-order valence-electron chi connectivity index (χ3n) is 2.47. The van der Waals surface area contributed by atoms with Crippen molar-refractivity contribution in [3.63, 3.8) is 0 Å². The van der Waals surface area contributed by atoms with Gasteiger partial charge in [-0.3, -0.25) is 0 Å². The maximum atomic E-state index is 9.73. The number of hydrogen-bond donors (Lipinski definition) is 2. The number of hydrogen-bond acceptors (Lipinski definition) is 4. The average Bonchev–Trinajstić information content (AvgIpc) is 2.54. The van der Waals surface area contributed by atoms with Gasteiger partial charge < -0.3 is 20.3 Å². The fourth-order valence-electron chi connectivity index (χ4n) is 1.60. The molecule has 88 valence electrons. The molecule has 1 aromatic carbocycles. The molecule has 0 aromatic heterocycles. The molecule has 1 aromatic rings. The monoisotopic (exact) mass is 287 g/mol. The van der Waals surface area contributed by atoms with Gasteiger partial charge in [0, 0.05) is 13.0 Å². The van der Waals surface area contributed by atoms with Gasteiger partial charge in [-0.15, -0.1) is 0 Å². The molecule has 0 saturated heterocycles. The van der Waals surface area contributed by atoms with Crippen molar-refractivity contribution < 1.29 is 14.6 Å². The fraction of sp³-hybridized carbons (Fsp3) is 0.455. The Kier molecular flexibility index (Phi) is 3.68. The maximum Gasteiger partial charge on any atom is 0.175 e. The van der Waals surface area contributed by atoms with E-state index in [-0.39, 0.29) is 6.54 Å². The van der Waals surface area contributed by atoms with Crippen molar-refractivity contribution in [2.75, 3.05) is 19.8 Å². The molecule has 1 atom stereocenters. The highest BCUT2D eigenvalue weighted by atomic mass is 79.9. The molecule has 4 nitrogen and oxygen atoms in total. The van der Waals surface area contributed by atoms with Crippen LogP contribution in [0.2, 0.25) is 0 Å². The third kappa shape index (κ3) is 2.16. The lowest BCUT2D eigenvalue weighted by Gasteiger charge is -2.15. The fourth-order valence-corrected chi connectivity index (χ4v) is 2.31. The third-order valence-corrected chi connectivity index (χ3v) is 3.28. The van der Waals surface area contributed by atoms with Crippen LogP contribution in [0.4, 0.5) is 0 Å². The van der Waals surface area contributed by atoms with E-state index in [9.17, 15) is 5.11 Å². The molecule has 1 unspecified atom stereocenters. The summed E-state index contributed by atoms with van der Waals surface area (Å²) in [7, 11) is 0. The zero-order chi connectivity index (χ0) is 11.5. The molecule has 3 N–H and O–H groups in total. The largest absolute Gasteiger partial charge is 0.490 e. The molecule has 0 aliphatic carbocycles. The van der Waals surface area contributed by atoms with Crippen LogP contribution < -0.4 is 15.2 Å². The second-order valence-corrected chi connectivity index (χ2v) is 4.39. The first-order chi connectivity index (χ1) is 7.74. The van der Waals surface area contributed by atoms with Crippen molar-refractivity contribution in [1.82, 2.24) is 0 Å². The number of aliphatic hydroxyl groups is 1. The quantitative estimate of drug-likeness (QED) is 0.867. The van der Waals surface area contributed by atoms with Crippen LogP contribution in [0.15, 0.2) is 16.6 Å². The van der Waals surface area contributed by atoms with E-state index in [1.54, 1.807) is 12.1 Å². The molecule has 16 heavy (non-hydrogen) atoms. The van der Waals surface area contributed by atoms with Gasteiger partial charge in [0.1, 0.15) is 0 Å². The summed E-state index contributed by atoms with van der Waals surface area (Å²) in [6.45, 7) is 1.45. The van der Waals surface area contributed by atoms with E-state index in [4.69, 9.17) is 15.2 Å². The standard InChI is InChI=1S/C11H14BrNO3/c12-10-7(8(14)6-13)2-3-9-11(10)16-5-1-4-15-9/h2-3,8,14H,1,4-6,13H2. The Morgan fingerprint density at radius 2 is 2.12 bits per heavy atom. The van der Waals surface area contributed by atoms with Gasteiger partial charge in [0.15, 0.2) is 11.5 Å². The summed E-state index contributed by atoms with van der Waals surface area (Å²) < 4.78 is 11.8. The highest BCUT2D eigenvalue weighted by Gasteiger charge is 2.19. The molecular weight excluding hydrogens is 274 g/mol. The van der Waals surface area contributed by atoms with Crippen LogP contribution in [0.3, 0.4) is 0 Å². The van der Waals surface area contributed by atoms with Crippen LogP contribution in [0.25, 0.3) is 0 Å². The lowest BCUT2D eigenvalue weighted by molar-refractivity contribution is 0.185. The van der Waals surface area contributed by atoms with Crippen molar-refractivity contribution in [3.8, 4) is 11.5 Å². The van der Waals surface area contributed by atoms with Crippen LogP contribution in [-0.2, 0) is 0 Å². The molecule has 0 fully saturated rings. The Hall–Kier alpha value is -0.780. The maximum absolute atomic E-state index is 9.73. The molecule has 2 rings (SSSR count). The van der Waals surface area contributed by atoms with Gasteiger partial charge in [-0.1, -0.05) is 6.07 Å². The van der Waals surface area contributed by atoms with Crippen molar-refractivity contribution in [2.24, 2.45) is 5.73 Å². The molecular formula is C11H14BrNO3. The zero-order valence-electron chi connectivity index (χ0n) is 8.78. The molecule has 0 amide bonds. The number of rotatable bonds is 2. The minimum Gasteiger partial charge on any atom is -0.490 e. The van der Waals surface area contributed by atoms with Gasteiger partial charge in [0.25, 0.3) is 0 Å². The molecule has 0 bridgehead atoms. The first-order valence-electron chi connectivity index (χ1n) is 5.20. The molecule has 0 spiro atoms. The molecule has 1 aliphatic heterocycles. The SMILES string of the molecule is NCC(O)c1ccc2c(c1Br)OCCCO2. The van der Waals surface area contributed by atoms with E-state index in [0.29, 0.717) is 24.7 Å². The Morgan fingerprint density at radius 3 is 2.88 bits per heavy atom. The Balaban J connectivity index is 2.41. The van der Waals surface area contributed by atoms with Gasteiger partial charge in [0.2, 0.25) is 0 Å². The number of nitrogens with two attached hydrogens (primary N) is 1. The van der Waals surface area contributed by atoms with Crippen molar-refractivity contribution in [1.29, 1.82) is 0 Å². The highest BCUT2D eigenvalue weighted by molar-refractivity contribution is 9.10. The van der Waals surface area contributed by atoms with Gasteiger partial charge in [-0.25, -0.2) is 0 Å². The van der Waals surface area contributed by atoms with E-state index in [0.717, 1.165) is 16.5 Å². The minimum absolute atomic E-state index is 0.179. The second-order valence-electron chi connectivity index (χ2n) is 3.60. The van der Waals surface area contributed by atoms with E-state index in [1.165, 1.54) is 0 Å². The number of benzene rings is 1. The Labute approximate surface area is 102 Å². The molecule has 5 heteroatoms. The molecule has 0 saturated carbocycles. The zero-order valence-corrected chi connectivity index (χ0v) is 10.4. The first kappa shape index (κ1) is 11.7. The van der Waals surface area contributed by atoms with Gasteiger partial charge in [-0.05, 0) is 27.6 Å². The van der Waals surface area contributed by atoms with Crippen molar-refractivity contribution in [2.45, 2.75) is 12.5 Å². The predicted molar refractivity (Wildman–Crippen MR) is 63.8 cm³/mol. The number of halogens is 1. The summed E-state index contributed by atoms with van der Waals surface area (Å²) in [6.07, 6.45) is 0.169. The van der Waals surface area contributed by atoms with Crippen LogP contribution in [0.1, 0.15) is 18.1 Å². The number of fused-ring (bicyclic) bond motifs is 1. The van der Waals surface area contributed by atoms with Crippen LogP contribution in [0, 0.1) is 0 Å². The summed E-state index contributed by atoms with van der Waals surface area (Å²) in [5.41, 5.74) is 6.17. The van der Waals surface area contributed by atoms with Crippen molar-refractivity contribution >= 4 is 15.9 Å². The number of ether oxygens (including phenoxy) is 2. The molecule has 0 radical (unpaired) electrons.